The summed E-state index contributed by atoms with van der Waals surface area (Å²) in [6.07, 6.45) is -3.19. The summed E-state index contributed by atoms with van der Waals surface area (Å²) in [6, 6.07) is 0.937. The van der Waals surface area contributed by atoms with Crippen LogP contribution >= 0.6 is 0 Å². The largest absolute Gasteiger partial charge is 0.463 e. The first-order valence-corrected chi connectivity index (χ1v) is 8.04. The monoisotopic (exact) mass is 403 g/mol. The summed E-state index contributed by atoms with van der Waals surface area (Å²) in [5, 5.41) is 0. The summed E-state index contributed by atoms with van der Waals surface area (Å²) < 4.78 is 60.9. The number of carbonyl (C=O) groups is 1. The van der Waals surface area contributed by atoms with Crippen LogP contribution in [0.1, 0.15) is 13.8 Å². The molecule has 1 atom stereocenters. The summed E-state index contributed by atoms with van der Waals surface area (Å²) in [4.78, 5) is 23.0. The van der Waals surface area contributed by atoms with E-state index in [1.54, 1.807) is 6.92 Å². The smallest absolute Gasteiger partial charge is 0.425 e. The summed E-state index contributed by atoms with van der Waals surface area (Å²) >= 11 is 0. The molecule has 2 heterocycles. The number of pyridine rings is 1. The zero-order chi connectivity index (χ0) is 20.7. The molecule has 152 valence electrons. The minimum Gasteiger partial charge on any atom is -0.463 e. The fraction of sp³-hybridized carbons (Fsp3) is 0.375. The number of amides is 1. The highest BCUT2D eigenvalue weighted by Crippen LogP contribution is 2.27. The van der Waals surface area contributed by atoms with Crippen LogP contribution in [0.2, 0.25) is 0 Å². The topological polar surface area (TPSA) is 98.3 Å². The molecule has 0 aromatic carbocycles. The molecule has 1 amide bonds. The van der Waals surface area contributed by atoms with Crippen LogP contribution in [0, 0.1) is 5.82 Å². The maximum absolute atomic E-state index is 14.0. The van der Waals surface area contributed by atoms with Crippen molar-refractivity contribution in [3.8, 4) is 17.1 Å². The number of alkyl halides is 3. The number of nitrogens with one attached hydrogen (secondary N) is 2. The van der Waals surface area contributed by atoms with Crippen molar-refractivity contribution in [1.29, 1.82) is 0 Å². The Morgan fingerprint density at radius 2 is 1.96 bits per heavy atom. The molecule has 0 aliphatic carbocycles. The number of ether oxygens (including phenoxy) is 2. The van der Waals surface area contributed by atoms with Crippen LogP contribution in [0.15, 0.2) is 24.7 Å². The second-order valence-electron chi connectivity index (χ2n) is 5.41. The van der Waals surface area contributed by atoms with Gasteiger partial charge in [0.05, 0.1) is 18.1 Å². The van der Waals surface area contributed by atoms with E-state index in [1.807, 2.05) is 0 Å². The van der Waals surface area contributed by atoms with Gasteiger partial charge >= 0.3 is 6.18 Å². The Labute approximate surface area is 157 Å². The molecular weight excluding hydrogens is 386 g/mol. The van der Waals surface area contributed by atoms with Gasteiger partial charge in [-0.15, -0.1) is 0 Å². The Hall–Kier alpha value is -3.02. The quantitative estimate of drug-likeness (QED) is 0.516. The molecule has 0 saturated carbocycles. The molecule has 2 aromatic heterocycles. The third-order valence-electron chi connectivity index (χ3n) is 3.27. The Balaban J connectivity index is 2.01. The Bertz CT molecular complexity index is 802. The van der Waals surface area contributed by atoms with E-state index >= 15 is 0 Å². The first kappa shape index (κ1) is 21.3. The van der Waals surface area contributed by atoms with Gasteiger partial charge in [-0.3, -0.25) is 20.6 Å². The molecule has 0 fully saturated rings. The van der Waals surface area contributed by atoms with Gasteiger partial charge in [-0.25, -0.2) is 14.4 Å². The zero-order valence-electron chi connectivity index (χ0n) is 14.9. The number of rotatable bonds is 8. The molecule has 28 heavy (non-hydrogen) atoms. The Morgan fingerprint density at radius 1 is 1.21 bits per heavy atom. The maximum atomic E-state index is 14.0. The van der Waals surface area contributed by atoms with Crippen molar-refractivity contribution in [2.75, 3.05) is 18.6 Å². The number of hydrogen-bond donors (Lipinski definition) is 2. The average molecular weight is 403 g/mol. The van der Waals surface area contributed by atoms with Crippen LogP contribution in [0.3, 0.4) is 0 Å². The third kappa shape index (κ3) is 6.01. The molecule has 1 unspecified atom stereocenters. The molecule has 2 aromatic rings. The van der Waals surface area contributed by atoms with Crippen molar-refractivity contribution in [2.24, 2.45) is 0 Å². The maximum Gasteiger partial charge on any atom is 0.425 e. The van der Waals surface area contributed by atoms with Crippen molar-refractivity contribution in [2.45, 2.75) is 26.1 Å². The fourth-order valence-corrected chi connectivity index (χ4v) is 1.79. The molecule has 0 bridgehead atoms. The van der Waals surface area contributed by atoms with Crippen LogP contribution in [-0.4, -0.2) is 46.4 Å². The van der Waals surface area contributed by atoms with E-state index in [1.165, 1.54) is 12.4 Å². The Kier molecular flexibility index (Phi) is 7.04. The highest BCUT2D eigenvalue weighted by molar-refractivity contribution is 5.78. The van der Waals surface area contributed by atoms with Crippen molar-refractivity contribution in [3.05, 3.63) is 30.5 Å². The number of halogens is 4. The third-order valence-corrected chi connectivity index (χ3v) is 3.27. The normalized spacial score (nSPS) is 12.4. The van der Waals surface area contributed by atoms with E-state index in [9.17, 15) is 22.4 Å². The molecule has 8 nitrogen and oxygen atoms in total. The van der Waals surface area contributed by atoms with Gasteiger partial charge in [0, 0.05) is 18.4 Å². The molecule has 0 aliphatic rings. The minimum atomic E-state index is -4.64. The van der Waals surface area contributed by atoms with Crippen molar-refractivity contribution in [3.63, 3.8) is 0 Å². The highest BCUT2D eigenvalue weighted by Gasteiger charge is 2.38. The van der Waals surface area contributed by atoms with Crippen LogP contribution in [0.25, 0.3) is 11.3 Å². The lowest BCUT2D eigenvalue weighted by Gasteiger charge is -2.17. The van der Waals surface area contributed by atoms with Gasteiger partial charge in [0.25, 0.3) is 11.8 Å². The fourth-order valence-electron chi connectivity index (χ4n) is 1.79. The summed E-state index contributed by atoms with van der Waals surface area (Å²) in [6.45, 7) is 2.77. The first-order chi connectivity index (χ1) is 13.2. The lowest BCUT2D eigenvalue weighted by molar-refractivity contribution is -0.190. The molecule has 0 aliphatic heterocycles. The summed E-state index contributed by atoms with van der Waals surface area (Å²) in [5.41, 5.74) is 5.26. The van der Waals surface area contributed by atoms with Crippen LogP contribution in [0.4, 0.5) is 23.4 Å². The van der Waals surface area contributed by atoms with E-state index in [0.717, 1.165) is 19.2 Å². The highest BCUT2D eigenvalue weighted by atomic mass is 19.4. The molecule has 2 N–H and O–H groups in total. The first-order valence-electron chi connectivity index (χ1n) is 8.04. The summed E-state index contributed by atoms with van der Waals surface area (Å²) in [5.74, 6) is -2.04. The zero-order valence-corrected chi connectivity index (χ0v) is 14.9. The van der Waals surface area contributed by atoms with Gasteiger partial charge in [-0.2, -0.15) is 13.2 Å². The SMILES string of the molecule is CCOCC(=O)NNc1cnc(-c2cnc(OC(C)C(F)(F)F)c(F)c2)cn1. The van der Waals surface area contributed by atoms with Gasteiger partial charge in [-0.05, 0) is 19.9 Å². The van der Waals surface area contributed by atoms with Gasteiger partial charge in [-0.1, -0.05) is 0 Å². The number of hydrogen-bond acceptors (Lipinski definition) is 7. The van der Waals surface area contributed by atoms with Crippen molar-refractivity contribution < 1.29 is 31.8 Å². The number of carbonyl (C=O) groups excluding carboxylic acids is 1. The van der Waals surface area contributed by atoms with E-state index in [0.29, 0.717) is 6.61 Å². The van der Waals surface area contributed by atoms with E-state index < -0.39 is 29.9 Å². The predicted molar refractivity (Wildman–Crippen MR) is 89.6 cm³/mol. The lowest BCUT2D eigenvalue weighted by atomic mass is 10.2. The number of anilines is 1. The van der Waals surface area contributed by atoms with E-state index in [-0.39, 0.29) is 23.7 Å². The minimum absolute atomic E-state index is 0.124. The molecule has 0 radical (unpaired) electrons. The van der Waals surface area contributed by atoms with E-state index in [4.69, 9.17) is 4.74 Å². The Morgan fingerprint density at radius 3 is 2.54 bits per heavy atom. The molecule has 0 spiro atoms. The second-order valence-corrected chi connectivity index (χ2v) is 5.41. The van der Waals surface area contributed by atoms with Crippen LogP contribution in [0.5, 0.6) is 5.88 Å². The molecule has 12 heteroatoms. The standard InChI is InChI=1S/C16H17F4N5O3/c1-3-27-8-14(26)25-24-13-7-21-12(6-22-13)10-4-11(17)15(23-5-10)28-9(2)16(18,19)20/h4-7,9H,3,8H2,1-2H3,(H,22,24)(H,25,26). The van der Waals surface area contributed by atoms with Crippen molar-refractivity contribution >= 4 is 11.7 Å². The molecule has 2 rings (SSSR count). The average Bonchev–Trinajstić information content (AvgIpc) is 2.65. The molecule has 0 saturated heterocycles. The number of nitrogens with zero attached hydrogens (tertiary/aromatic N) is 3. The van der Waals surface area contributed by atoms with Gasteiger partial charge in [0.1, 0.15) is 6.61 Å². The van der Waals surface area contributed by atoms with Gasteiger partial charge < -0.3 is 9.47 Å². The lowest BCUT2D eigenvalue weighted by Crippen LogP contribution is -2.33. The van der Waals surface area contributed by atoms with E-state index in [2.05, 4.69) is 30.5 Å². The molecular formula is C16H17F4N5O3. The van der Waals surface area contributed by atoms with Gasteiger partial charge in [0.15, 0.2) is 17.7 Å². The number of aromatic nitrogens is 3. The number of hydrazine groups is 1. The second kappa shape index (κ2) is 9.26. The van der Waals surface area contributed by atoms with Crippen molar-refractivity contribution in [1.82, 2.24) is 20.4 Å². The van der Waals surface area contributed by atoms with Crippen LogP contribution in [-0.2, 0) is 9.53 Å². The summed E-state index contributed by atoms with van der Waals surface area (Å²) in [7, 11) is 0. The van der Waals surface area contributed by atoms with Gasteiger partial charge in [0.2, 0.25) is 0 Å². The van der Waals surface area contributed by atoms with Crippen LogP contribution < -0.4 is 15.6 Å². The predicted octanol–water partition coefficient (Wildman–Crippen LogP) is 2.49.